The van der Waals surface area contributed by atoms with Gasteiger partial charge in [0.1, 0.15) is 5.82 Å². The minimum Gasteiger partial charge on any atom is -0.355 e. The van der Waals surface area contributed by atoms with Crippen LogP contribution in [-0.2, 0) is 11.2 Å². The summed E-state index contributed by atoms with van der Waals surface area (Å²) in [5, 5.41) is 14.5. The molecule has 0 saturated carbocycles. The molecule has 0 aromatic carbocycles. The maximum Gasteiger partial charge on any atom is 0.224 e. The van der Waals surface area contributed by atoms with Crippen molar-refractivity contribution in [3.8, 4) is 0 Å². The molecule has 0 radical (unpaired) electrons. The highest BCUT2D eigenvalue weighted by Crippen LogP contribution is 2.15. The average molecular weight is 273 g/mol. The van der Waals surface area contributed by atoms with Crippen LogP contribution in [0, 0.1) is 11.8 Å². The van der Waals surface area contributed by atoms with Crippen molar-refractivity contribution in [2.45, 2.75) is 13.3 Å². The molecule has 2 aromatic rings. The average Bonchev–Trinajstić information content (AvgIpc) is 3.05. The number of carbonyl (C=O) groups is 1. The van der Waals surface area contributed by atoms with Crippen LogP contribution in [0.15, 0.2) is 24.4 Å². The predicted molar refractivity (Wildman–Crippen MR) is 75.2 cm³/mol. The van der Waals surface area contributed by atoms with Gasteiger partial charge < -0.3 is 10.6 Å². The number of nitrogens with zero attached hydrogens (tertiary/aromatic N) is 3. The van der Waals surface area contributed by atoms with Crippen LogP contribution in [0.4, 0.5) is 0 Å². The van der Waals surface area contributed by atoms with Crippen molar-refractivity contribution in [1.82, 2.24) is 25.2 Å². The molecule has 3 rings (SSSR count). The lowest BCUT2D eigenvalue weighted by atomic mass is 9.97. The van der Waals surface area contributed by atoms with Gasteiger partial charge in [0.2, 0.25) is 5.91 Å². The number of aromatic nitrogens is 3. The van der Waals surface area contributed by atoms with E-state index in [4.69, 9.17) is 0 Å². The monoisotopic (exact) mass is 273 g/mol. The third kappa shape index (κ3) is 2.51. The smallest absolute Gasteiger partial charge is 0.224 e. The maximum atomic E-state index is 12.1. The number of rotatable bonds is 4. The SMILES string of the molecule is C[C@@H]1CNC[C@H]1C(=O)NCCc1nnc2ccccn12. The Kier molecular flexibility index (Phi) is 3.64. The Balaban J connectivity index is 1.56. The second-order valence-electron chi connectivity index (χ2n) is 5.33. The lowest BCUT2D eigenvalue weighted by Crippen LogP contribution is -2.35. The molecule has 3 heterocycles. The fraction of sp³-hybridized carbons (Fsp3) is 0.500. The fourth-order valence-corrected chi connectivity index (χ4v) is 2.65. The molecule has 0 unspecified atom stereocenters. The van der Waals surface area contributed by atoms with Gasteiger partial charge in [0, 0.05) is 25.7 Å². The molecule has 2 aromatic heterocycles. The lowest BCUT2D eigenvalue weighted by molar-refractivity contribution is -0.125. The zero-order chi connectivity index (χ0) is 13.9. The zero-order valence-electron chi connectivity index (χ0n) is 11.5. The van der Waals surface area contributed by atoms with Crippen LogP contribution in [0.2, 0.25) is 0 Å². The first-order valence-corrected chi connectivity index (χ1v) is 7.03. The molecule has 1 fully saturated rings. The van der Waals surface area contributed by atoms with Crippen LogP contribution in [0.3, 0.4) is 0 Å². The highest BCUT2D eigenvalue weighted by molar-refractivity contribution is 5.79. The minimum atomic E-state index is 0.0881. The van der Waals surface area contributed by atoms with Gasteiger partial charge in [0.15, 0.2) is 5.65 Å². The van der Waals surface area contributed by atoms with E-state index in [1.807, 2.05) is 28.8 Å². The molecular weight excluding hydrogens is 254 g/mol. The van der Waals surface area contributed by atoms with E-state index in [9.17, 15) is 4.79 Å². The summed E-state index contributed by atoms with van der Waals surface area (Å²) in [5.41, 5.74) is 0.836. The van der Waals surface area contributed by atoms with Crippen LogP contribution in [-0.4, -0.2) is 40.1 Å². The zero-order valence-corrected chi connectivity index (χ0v) is 11.5. The Bertz CT molecular complexity index is 608. The molecule has 1 saturated heterocycles. The standard InChI is InChI=1S/C14H19N5O/c1-10-8-15-9-11(10)14(20)16-6-5-13-18-17-12-4-2-3-7-19(12)13/h2-4,7,10-11,15H,5-6,8-9H2,1H3,(H,16,20)/t10-,11-/m1/s1. The number of hydrogen-bond acceptors (Lipinski definition) is 4. The van der Waals surface area contributed by atoms with Gasteiger partial charge in [-0.15, -0.1) is 10.2 Å². The Hall–Kier alpha value is -1.95. The Labute approximate surface area is 117 Å². The molecular formula is C14H19N5O. The van der Waals surface area contributed by atoms with Crippen molar-refractivity contribution in [1.29, 1.82) is 0 Å². The number of amides is 1. The van der Waals surface area contributed by atoms with Gasteiger partial charge in [0.05, 0.1) is 5.92 Å². The quantitative estimate of drug-likeness (QED) is 0.837. The van der Waals surface area contributed by atoms with Crippen molar-refractivity contribution in [3.63, 3.8) is 0 Å². The van der Waals surface area contributed by atoms with E-state index in [0.29, 0.717) is 18.9 Å². The summed E-state index contributed by atoms with van der Waals surface area (Å²) in [6.07, 6.45) is 2.63. The molecule has 0 bridgehead atoms. The van der Waals surface area contributed by atoms with Gasteiger partial charge >= 0.3 is 0 Å². The number of carbonyl (C=O) groups excluding carboxylic acids is 1. The summed E-state index contributed by atoms with van der Waals surface area (Å²) in [4.78, 5) is 12.1. The first kappa shape index (κ1) is 13.1. The molecule has 1 amide bonds. The van der Waals surface area contributed by atoms with Crippen molar-refractivity contribution >= 4 is 11.6 Å². The van der Waals surface area contributed by atoms with Crippen LogP contribution in [0.25, 0.3) is 5.65 Å². The van der Waals surface area contributed by atoms with E-state index >= 15 is 0 Å². The van der Waals surface area contributed by atoms with E-state index in [1.54, 1.807) is 0 Å². The van der Waals surface area contributed by atoms with Gasteiger partial charge in [-0.3, -0.25) is 9.20 Å². The van der Waals surface area contributed by atoms with Gasteiger partial charge in [-0.2, -0.15) is 0 Å². The van der Waals surface area contributed by atoms with Gasteiger partial charge in [-0.05, 0) is 24.6 Å². The van der Waals surface area contributed by atoms with Gasteiger partial charge in [-0.25, -0.2) is 0 Å². The maximum absolute atomic E-state index is 12.1. The molecule has 1 aliphatic heterocycles. The third-order valence-corrected chi connectivity index (χ3v) is 3.89. The molecule has 106 valence electrons. The van der Waals surface area contributed by atoms with E-state index in [-0.39, 0.29) is 11.8 Å². The molecule has 0 spiro atoms. The Morgan fingerprint density at radius 3 is 3.15 bits per heavy atom. The Morgan fingerprint density at radius 2 is 2.35 bits per heavy atom. The summed E-state index contributed by atoms with van der Waals surface area (Å²) >= 11 is 0. The number of pyridine rings is 1. The third-order valence-electron chi connectivity index (χ3n) is 3.89. The first-order chi connectivity index (χ1) is 9.75. The predicted octanol–water partition coefficient (Wildman–Crippen LogP) is 0.244. The normalized spacial score (nSPS) is 22.2. The summed E-state index contributed by atoms with van der Waals surface area (Å²) in [6, 6.07) is 5.80. The van der Waals surface area contributed by atoms with Crippen molar-refractivity contribution < 1.29 is 4.79 Å². The van der Waals surface area contributed by atoms with Crippen molar-refractivity contribution in [3.05, 3.63) is 30.2 Å². The van der Waals surface area contributed by atoms with Crippen LogP contribution in [0.5, 0.6) is 0 Å². The van der Waals surface area contributed by atoms with Crippen molar-refractivity contribution in [2.24, 2.45) is 11.8 Å². The van der Waals surface area contributed by atoms with Crippen LogP contribution in [0.1, 0.15) is 12.7 Å². The molecule has 1 aliphatic rings. The summed E-state index contributed by atoms with van der Waals surface area (Å²) in [5.74, 6) is 1.50. The number of nitrogens with one attached hydrogen (secondary N) is 2. The molecule has 0 aliphatic carbocycles. The number of fused-ring (bicyclic) bond motifs is 1. The second kappa shape index (κ2) is 5.58. The summed E-state index contributed by atoms with van der Waals surface area (Å²) < 4.78 is 1.95. The molecule has 6 heteroatoms. The minimum absolute atomic E-state index is 0.0881. The highest BCUT2D eigenvalue weighted by Gasteiger charge is 2.29. The molecule has 2 N–H and O–H groups in total. The fourth-order valence-electron chi connectivity index (χ4n) is 2.65. The lowest BCUT2D eigenvalue weighted by Gasteiger charge is -2.13. The molecule has 2 atom stereocenters. The summed E-state index contributed by atoms with van der Waals surface area (Å²) in [7, 11) is 0. The van der Waals surface area contributed by atoms with Crippen LogP contribution >= 0.6 is 0 Å². The van der Waals surface area contributed by atoms with Crippen molar-refractivity contribution in [2.75, 3.05) is 19.6 Å². The molecule has 6 nitrogen and oxygen atoms in total. The highest BCUT2D eigenvalue weighted by atomic mass is 16.1. The number of hydrogen-bond donors (Lipinski definition) is 2. The Morgan fingerprint density at radius 1 is 1.45 bits per heavy atom. The topological polar surface area (TPSA) is 71.3 Å². The van der Waals surface area contributed by atoms with Gasteiger partial charge in [0.25, 0.3) is 0 Å². The van der Waals surface area contributed by atoms with E-state index in [2.05, 4.69) is 27.8 Å². The van der Waals surface area contributed by atoms with Crippen LogP contribution < -0.4 is 10.6 Å². The van der Waals surface area contributed by atoms with E-state index < -0.39 is 0 Å². The van der Waals surface area contributed by atoms with Gasteiger partial charge in [-0.1, -0.05) is 13.0 Å². The molecule has 20 heavy (non-hydrogen) atoms. The summed E-state index contributed by atoms with van der Waals surface area (Å²) in [6.45, 7) is 4.40. The van der Waals surface area contributed by atoms with E-state index in [1.165, 1.54) is 0 Å². The first-order valence-electron chi connectivity index (χ1n) is 7.03. The second-order valence-corrected chi connectivity index (χ2v) is 5.33. The van der Waals surface area contributed by atoms with E-state index in [0.717, 1.165) is 24.6 Å². The largest absolute Gasteiger partial charge is 0.355 e.